The Labute approximate surface area is 160 Å². The summed E-state index contributed by atoms with van der Waals surface area (Å²) in [5.41, 5.74) is 0. The monoisotopic (exact) mass is 409 g/mol. The van der Waals surface area contributed by atoms with E-state index in [1.54, 1.807) is 6.92 Å². The summed E-state index contributed by atoms with van der Waals surface area (Å²) in [6.45, 7) is 2.28. The highest BCUT2D eigenvalue weighted by molar-refractivity contribution is 5.73. The smallest absolute Gasteiger partial charge is 0.335 e. The minimum atomic E-state index is -1.70. The number of aliphatic carboxylic acids is 1. The molecule has 2 aliphatic heterocycles. The molecule has 2 rings (SSSR count). The van der Waals surface area contributed by atoms with Crippen LogP contribution < -0.4 is 5.32 Å². The van der Waals surface area contributed by atoms with Crippen LogP contribution >= 0.6 is 0 Å². The molecule has 0 spiro atoms. The molecule has 10 atom stereocenters. The van der Waals surface area contributed by atoms with E-state index in [-0.39, 0.29) is 0 Å². The first-order chi connectivity index (χ1) is 13.1. The largest absolute Gasteiger partial charge is 0.479 e. The Bertz CT molecular complexity index is 561. The van der Waals surface area contributed by atoms with E-state index >= 15 is 0 Å². The summed E-state index contributed by atoms with van der Waals surface area (Å²) in [4.78, 5) is 23.0. The van der Waals surface area contributed by atoms with Gasteiger partial charge in [0.15, 0.2) is 12.4 Å². The number of ether oxygens (including phenoxy) is 4. The molecule has 2 fully saturated rings. The number of hydrogen-bond acceptors (Lipinski definition) is 10. The van der Waals surface area contributed by atoms with Gasteiger partial charge in [-0.3, -0.25) is 4.79 Å². The molecule has 0 aromatic rings. The van der Waals surface area contributed by atoms with E-state index in [0.29, 0.717) is 0 Å². The SMILES string of the molecule is CO[C@@H]1C(C(=O)O)O[C@@H](O[C@@H]2C(NC(C)=O)[C@H](C)OC(CO)[C@H]2O)[C@@H](O)C1O. The highest BCUT2D eigenvalue weighted by atomic mass is 16.7. The molecule has 12 heteroatoms. The minimum Gasteiger partial charge on any atom is -0.479 e. The molecular weight excluding hydrogens is 382 g/mol. The number of aliphatic hydroxyl groups excluding tert-OH is 4. The Morgan fingerprint density at radius 2 is 1.71 bits per heavy atom. The van der Waals surface area contributed by atoms with Crippen molar-refractivity contribution in [2.45, 2.75) is 75.0 Å². The Balaban J connectivity index is 2.26. The van der Waals surface area contributed by atoms with Gasteiger partial charge in [-0.2, -0.15) is 0 Å². The molecule has 12 nitrogen and oxygen atoms in total. The second kappa shape index (κ2) is 9.41. The fraction of sp³-hybridized carbons (Fsp3) is 0.875. The van der Waals surface area contributed by atoms with Crippen molar-refractivity contribution in [3.05, 3.63) is 0 Å². The van der Waals surface area contributed by atoms with E-state index in [2.05, 4.69) is 5.32 Å². The fourth-order valence-electron chi connectivity index (χ4n) is 3.45. The normalized spacial score (nSPS) is 44.1. The fourth-order valence-corrected chi connectivity index (χ4v) is 3.45. The lowest BCUT2D eigenvalue weighted by Gasteiger charge is -2.47. The van der Waals surface area contributed by atoms with Gasteiger partial charge in [-0.1, -0.05) is 0 Å². The maximum atomic E-state index is 11.5. The third kappa shape index (κ3) is 4.60. The molecule has 0 bridgehead atoms. The van der Waals surface area contributed by atoms with Gasteiger partial charge in [-0.15, -0.1) is 0 Å². The van der Waals surface area contributed by atoms with Crippen molar-refractivity contribution < 1.29 is 54.1 Å². The first kappa shape index (κ1) is 22.9. The van der Waals surface area contributed by atoms with Gasteiger partial charge in [0.25, 0.3) is 0 Å². The Morgan fingerprint density at radius 1 is 1.07 bits per heavy atom. The molecule has 162 valence electrons. The molecule has 2 aliphatic rings. The zero-order valence-electron chi connectivity index (χ0n) is 15.7. The molecular formula is C16H27NO11. The second-order valence-corrected chi connectivity index (χ2v) is 6.82. The van der Waals surface area contributed by atoms with E-state index < -0.39 is 79.6 Å². The molecule has 1 amide bonds. The molecule has 6 N–H and O–H groups in total. The predicted octanol–water partition coefficient (Wildman–Crippen LogP) is -3.44. The number of carbonyl (C=O) groups excluding carboxylic acids is 1. The lowest BCUT2D eigenvalue weighted by molar-refractivity contribution is -0.327. The lowest BCUT2D eigenvalue weighted by atomic mass is 9.92. The number of hydrogen-bond donors (Lipinski definition) is 6. The number of methoxy groups -OCH3 is 1. The van der Waals surface area contributed by atoms with Crippen molar-refractivity contribution in [3.63, 3.8) is 0 Å². The summed E-state index contributed by atoms with van der Waals surface area (Å²) in [5.74, 6) is -1.89. The van der Waals surface area contributed by atoms with Crippen LogP contribution in [0.3, 0.4) is 0 Å². The van der Waals surface area contributed by atoms with Crippen molar-refractivity contribution >= 4 is 11.9 Å². The summed E-state index contributed by atoms with van der Waals surface area (Å²) in [7, 11) is 1.16. The maximum Gasteiger partial charge on any atom is 0.335 e. The average Bonchev–Trinajstić information content (AvgIpc) is 2.63. The third-order valence-corrected chi connectivity index (χ3v) is 4.87. The molecule has 0 aromatic carbocycles. The van der Waals surface area contributed by atoms with Crippen LogP contribution in [0.4, 0.5) is 0 Å². The topological polar surface area (TPSA) is 184 Å². The highest BCUT2D eigenvalue weighted by Crippen LogP contribution is 2.30. The second-order valence-electron chi connectivity index (χ2n) is 6.82. The van der Waals surface area contributed by atoms with Gasteiger partial charge in [0.05, 0.1) is 18.8 Å². The highest BCUT2D eigenvalue weighted by Gasteiger charge is 2.52. The number of rotatable bonds is 6. The summed E-state index contributed by atoms with van der Waals surface area (Å²) in [5, 5.41) is 52.2. The number of carboxylic acid groups (broad SMARTS) is 1. The van der Waals surface area contributed by atoms with E-state index in [0.717, 1.165) is 7.11 Å². The number of amides is 1. The predicted molar refractivity (Wildman–Crippen MR) is 89.0 cm³/mol. The van der Waals surface area contributed by atoms with Gasteiger partial charge in [-0.05, 0) is 6.92 Å². The van der Waals surface area contributed by atoms with Gasteiger partial charge >= 0.3 is 5.97 Å². The summed E-state index contributed by atoms with van der Waals surface area (Å²) < 4.78 is 21.2. The van der Waals surface area contributed by atoms with Gasteiger partial charge < -0.3 is 49.8 Å². The molecule has 0 aromatic heterocycles. The van der Waals surface area contributed by atoms with Crippen LogP contribution in [0.2, 0.25) is 0 Å². The first-order valence-corrected chi connectivity index (χ1v) is 8.76. The molecule has 4 unspecified atom stereocenters. The quantitative estimate of drug-likeness (QED) is 0.256. The lowest BCUT2D eigenvalue weighted by Crippen LogP contribution is -2.67. The van der Waals surface area contributed by atoms with Gasteiger partial charge in [0, 0.05) is 14.0 Å². The van der Waals surface area contributed by atoms with Crippen LogP contribution in [0.5, 0.6) is 0 Å². The van der Waals surface area contributed by atoms with Crippen LogP contribution in [-0.2, 0) is 28.5 Å². The van der Waals surface area contributed by atoms with E-state index in [1.807, 2.05) is 0 Å². The Hall–Kier alpha value is -1.38. The number of carboxylic acids is 1. The molecule has 0 aliphatic carbocycles. The zero-order valence-corrected chi connectivity index (χ0v) is 15.7. The van der Waals surface area contributed by atoms with Crippen molar-refractivity contribution in [1.29, 1.82) is 0 Å². The van der Waals surface area contributed by atoms with Crippen LogP contribution in [-0.4, -0.2) is 112 Å². The Morgan fingerprint density at radius 3 is 2.21 bits per heavy atom. The maximum absolute atomic E-state index is 11.5. The number of carbonyl (C=O) groups is 2. The number of nitrogens with one attached hydrogen (secondary N) is 1. The first-order valence-electron chi connectivity index (χ1n) is 8.76. The zero-order chi connectivity index (χ0) is 21.2. The summed E-state index contributed by atoms with van der Waals surface area (Å²) in [6.07, 6.45) is -12.4. The van der Waals surface area contributed by atoms with Crippen LogP contribution in [0.15, 0.2) is 0 Å². The van der Waals surface area contributed by atoms with Crippen molar-refractivity contribution in [3.8, 4) is 0 Å². The van der Waals surface area contributed by atoms with Gasteiger partial charge in [-0.25, -0.2) is 4.79 Å². The molecule has 0 radical (unpaired) electrons. The Kier molecular flexibility index (Phi) is 7.70. The number of aliphatic hydroxyl groups is 4. The molecule has 0 saturated carbocycles. The van der Waals surface area contributed by atoms with E-state index in [1.165, 1.54) is 6.92 Å². The van der Waals surface area contributed by atoms with Gasteiger partial charge in [0.2, 0.25) is 5.91 Å². The van der Waals surface area contributed by atoms with Crippen molar-refractivity contribution in [2.75, 3.05) is 13.7 Å². The van der Waals surface area contributed by atoms with Crippen molar-refractivity contribution in [2.24, 2.45) is 0 Å². The molecule has 2 heterocycles. The van der Waals surface area contributed by atoms with Crippen LogP contribution in [0.25, 0.3) is 0 Å². The molecule has 2 saturated heterocycles. The van der Waals surface area contributed by atoms with Crippen LogP contribution in [0, 0.1) is 0 Å². The van der Waals surface area contributed by atoms with E-state index in [9.17, 15) is 35.1 Å². The van der Waals surface area contributed by atoms with Gasteiger partial charge in [0.1, 0.15) is 36.6 Å². The standard InChI is InChI=1S/C16H27NO11/c1-5-8(17-6(2)19)12(9(20)7(4-18)26-5)27-16-11(22)10(21)13(25-3)14(28-16)15(23)24/h5,7-14,16,18,20-22H,4H2,1-3H3,(H,17,19)(H,23,24)/t5-,7?,8?,9+,10?,11-,12+,13-,14?,16+/m0/s1. The van der Waals surface area contributed by atoms with Crippen LogP contribution in [0.1, 0.15) is 13.8 Å². The summed E-state index contributed by atoms with van der Waals surface area (Å²) in [6, 6.07) is -0.897. The molecule has 28 heavy (non-hydrogen) atoms. The summed E-state index contributed by atoms with van der Waals surface area (Å²) >= 11 is 0. The minimum absolute atomic E-state index is 0.447. The van der Waals surface area contributed by atoms with Crippen molar-refractivity contribution in [1.82, 2.24) is 5.32 Å². The third-order valence-electron chi connectivity index (χ3n) is 4.87. The average molecular weight is 409 g/mol. The van der Waals surface area contributed by atoms with E-state index in [4.69, 9.17) is 18.9 Å².